The van der Waals surface area contributed by atoms with E-state index in [9.17, 15) is 19.5 Å². The number of nitrogens with zero attached hydrogens (tertiary/aromatic N) is 2. The largest absolute Gasteiger partial charge is 0.465 e. The van der Waals surface area contributed by atoms with Gasteiger partial charge in [0.25, 0.3) is 0 Å². The first-order valence-corrected chi connectivity index (χ1v) is 14.5. The lowest BCUT2D eigenvalue weighted by atomic mass is 9.71. The van der Waals surface area contributed by atoms with E-state index in [1.165, 1.54) is 0 Å². The standard InChI is InChI=1S/C28H44N2O5S/c1-5-8-9-12-19-35-27(34)22-21-14-15-28(36-21)23(22)25(32)30(17-10-11-18-31)24(28)26(33)29(16-7-3)20(4)13-6-2/h5,7,20-24,31H,1,3,6,8-19H2,2,4H3/t20?,21-,22+,23+,24?,28?/m1/s1. The number of hydrogen-bond donors (Lipinski definition) is 1. The number of ether oxygens (including phenoxy) is 1. The molecule has 1 spiro atoms. The molecule has 3 unspecified atom stereocenters. The quantitative estimate of drug-likeness (QED) is 0.188. The Morgan fingerprint density at radius 3 is 2.72 bits per heavy atom. The zero-order valence-corrected chi connectivity index (χ0v) is 22.8. The average molecular weight is 521 g/mol. The van der Waals surface area contributed by atoms with Crippen LogP contribution in [0.2, 0.25) is 0 Å². The maximum Gasteiger partial charge on any atom is 0.310 e. The molecule has 3 rings (SSSR count). The Bertz CT molecular complexity index is 820. The van der Waals surface area contributed by atoms with Crippen molar-refractivity contribution in [2.24, 2.45) is 11.8 Å². The average Bonchev–Trinajstić information content (AvgIpc) is 3.50. The second-order valence-electron chi connectivity index (χ2n) is 10.4. The summed E-state index contributed by atoms with van der Waals surface area (Å²) in [5.41, 5.74) is 0. The number of thioether (sulfide) groups is 1. The molecular formula is C28H44N2O5S. The highest BCUT2D eigenvalue weighted by molar-refractivity contribution is 8.02. The predicted octanol–water partition coefficient (Wildman–Crippen LogP) is 3.95. The number of aliphatic hydroxyl groups excluding tert-OH is 1. The third kappa shape index (κ3) is 5.54. The van der Waals surface area contributed by atoms with Crippen molar-refractivity contribution in [1.82, 2.24) is 9.80 Å². The van der Waals surface area contributed by atoms with E-state index in [1.807, 2.05) is 11.0 Å². The number of carbonyl (C=O) groups is 3. The fraction of sp³-hybridized carbons (Fsp3) is 0.750. The van der Waals surface area contributed by atoms with Gasteiger partial charge in [-0.25, -0.2) is 0 Å². The second-order valence-corrected chi connectivity index (χ2v) is 12.0. The maximum atomic E-state index is 14.2. The maximum absolute atomic E-state index is 14.2. The Hall–Kier alpha value is -1.80. The van der Waals surface area contributed by atoms with E-state index in [-0.39, 0.29) is 35.7 Å². The molecule has 0 aliphatic carbocycles. The van der Waals surface area contributed by atoms with Crippen molar-refractivity contribution in [2.75, 3.05) is 26.3 Å². The lowest BCUT2D eigenvalue weighted by molar-refractivity contribution is -0.154. The number of allylic oxidation sites excluding steroid dienone is 1. The summed E-state index contributed by atoms with van der Waals surface area (Å²) in [7, 11) is 0. The lowest BCUT2D eigenvalue weighted by Crippen LogP contribution is -2.56. The monoisotopic (exact) mass is 520 g/mol. The Labute approximate surface area is 220 Å². The van der Waals surface area contributed by atoms with Crippen LogP contribution >= 0.6 is 11.8 Å². The van der Waals surface area contributed by atoms with Gasteiger partial charge in [0.15, 0.2) is 0 Å². The van der Waals surface area contributed by atoms with Gasteiger partial charge < -0.3 is 19.6 Å². The Balaban J connectivity index is 1.89. The molecule has 3 heterocycles. The molecule has 7 nitrogen and oxygen atoms in total. The van der Waals surface area contributed by atoms with E-state index in [1.54, 1.807) is 22.7 Å². The van der Waals surface area contributed by atoms with Gasteiger partial charge in [0.1, 0.15) is 6.04 Å². The number of aliphatic hydroxyl groups is 1. The third-order valence-electron chi connectivity index (χ3n) is 8.01. The fourth-order valence-corrected chi connectivity index (χ4v) is 8.55. The molecule has 3 saturated heterocycles. The van der Waals surface area contributed by atoms with Crippen LogP contribution in [0.15, 0.2) is 25.3 Å². The second kappa shape index (κ2) is 13.1. The van der Waals surface area contributed by atoms with E-state index >= 15 is 0 Å². The van der Waals surface area contributed by atoms with Crippen LogP contribution in [0, 0.1) is 11.8 Å². The Kier molecular flexibility index (Phi) is 10.5. The van der Waals surface area contributed by atoms with Crippen LogP contribution in [0.4, 0.5) is 0 Å². The van der Waals surface area contributed by atoms with Crippen LogP contribution in [0.25, 0.3) is 0 Å². The Morgan fingerprint density at radius 2 is 2.06 bits per heavy atom. The molecule has 0 radical (unpaired) electrons. The zero-order chi connectivity index (χ0) is 26.3. The molecule has 3 fully saturated rings. The van der Waals surface area contributed by atoms with Crippen LogP contribution in [-0.2, 0) is 19.1 Å². The highest BCUT2D eigenvalue weighted by Gasteiger charge is 2.74. The summed E-state index contributed by atoms with van der Waals surface area (Å²) in [6.45, 7) is 13.0. The number of rotatable bonds is 16. The van der Waals surface area contributed by atoms with E-state index in [0.717, 1.165) is 44.9 Å². The van der Waals surface area contributed by atoms with Crippen molar-refractivity contribution in [2.45, 2.75) is 93.7 Å². The topological polar surface area (TPSA) is 87.1 Å². The van der Waals surface area contributed by atoms with Gasteiger partial charge in [0.05, 0.1) is 23.2 Å². The number of fused-ring (bicyclic) bond motifs is 1. The molecule has 2 bridgehead atoms. The minimum atomic E-state index is -0.603. The van der Waals surface area contributed by atoms with Gasteiger partial charge in [-0.1, -0.05) is 25.5 Å². The van der Waals surface area contributed by atoms with Gasteiger partial charge in [0.2, 0.25) is 11.8 Å². The van der Waals surface area contributed by atoms with E-state index < -0.39 is 22.6 Å². The van der Waals surface area contributed by atoms with Crippen LogP contribution < -0.4 is 0 Å². The first-order chi connectivity index (χ1) is 17.4. The number of esters is 1. The smallest absolute Gasteiger partial charge is 0.310 e. The lowest BCUT2D eigenvalue weighted by Gasteiger charge is -2.39. The SMILES string of the molecule is C=CCCCCOC(=O)[C@@H]1[C@H]2C(=O)N(CCCCO)C(C(=O)N(CC=C)C(C)CCC)C23CC[C@H]1S3. The number of carbonyl (C=O) groups excluding carboxylic acids is 3. The molecule has 36 heavy (non-hydrogen) atoms. The molecule has 8 heteroatoms. The molecule has 0 aromatic rings. The summed E-state index contributed by atoms with van der Waals surface area (Å²) in [6.07, 6.45) is 10.7. The summed E-state index contributed by atoms with van der Waals surface area (Å²) < 4.78 is 5.06. The summed E-state index contributed by atoms with van der Waals surface area (Å²) in [6, 6.07) is -0.571. The van der Waals surface area contributed by atoms with Crippen LogP contribution in [-0.4, -0.2) is 81.1 Å². The van der Waals surface area contributed by atoms with Gasteiger partial charge >= 0.3 is 5.97 Å². The molecule has 3 aliphatic heterocycles. The number of unbranched alkanes of at least 4 members (excludes halogenated alkanes) is 3. The third-order valence-corrected chi connectivity index (χ3v) is 9.96. The van der Waals surface area contributed by atoms with E-state index in [0.29, 0.717) is 32.5 Å². The van der Waals surface area contributed by atoms with Crippen molar-refractivity contribution >= 4 is 29.5 Å². The molecule has 2 amide bonds. The summed E-state index contributed by atoms with van der Waals surface area (Å²) in [5, 5.41) is 9.34. The summed E-state index contributed by atoms with van der Waals surface area (Å²) in [4.78, 5) is 45.0. The first kappa shape index (κ1) is 28.8. The van der Waals surface area contributed by atoms with Crippen molar-refractivity contribution in [3.8, 4) is 0 Å². The highest BCUT2D eigenvalue weighted by Crippen LogP contribution is 2.66. The molecule has 0 aromatic heterocycles. The molecule has 3 aliphatic rings. The number of likely N-dealkylation sites (tertiary alicyclic amines) is 1. The van der Waals surface area contributed by atoms with Crippen LogP contribution in [0.3, 0.4) is 0 Å². The minimum absolute atomic E-state index is 0.00966. The van der Waals surface area contributed by atoms with Gasteiger partial charge in [0, 0.05) is 31.0 Å². The normalized spacial score (nSPS) is 29.2. The minimum Gasteiger partial charge on any atom is -0.465 e. The van der Waals surface area contributed by atoms with Crippen molar-refractivity contribution in [1.29, 1.82) is 0 Å². The number of hydrogen-bond acceptors (Lipinski definition) is 6. The van der Waals surface area contributed by atoms with Gasteiger partial charge in [-0.2, -0.15) is 0 Å². The van der Waals surface area contributed by atoms with Gasteiger partial charge in [-0.3, -0.25) is 14.4 Å². The molecule has 202 valence electrons. The summed E-state index contributed by atoms with van der Waals surface area (Å²) >= 11 is 1.68. The van der Waals surface area contributed by atoms with Crippen molar-refractivity contribution in [3.63, 3.8) is 0 Å². The van der Waals surface area contributed by atoms with Crippen LogP contribution in [0.1, 0.15) is 71.6 Å². The van der Waals surface area contributed by atoms with Crippen LogP contribution in [0.5, 0.6) is 0 Å². The predicted molar refractivity (Wildman–Crippen MR) is 143 cm³/mol. The van der Waals surface area contributed by atoms with Gasteiger partial charge in [-0.05, 0) is 58.3 Å². The van der Waals surface area contributed by atoms with Crippen molar-refractivity contribution in [3.05, 3.63) is 25.3 Å². The Morgan fingerprint density at radius 1 is 1.28 bits per heavy atom. The van der Waals surface area contributed by atoms with E-state index in [4.69, 9.17) is 4.74 Å². The molecule has 0 saturated carbocycles. The van der Waals surface area contributed by atoms with E-state index in [2.05, 4.69) is 27.0 Å². The molecule has 6 atom stereocenters. The zero-order valence-electron chi connectivity index (χ0n) is 22.0. The molecular weight excluding hydrogens is 476 g/mol. The van der Waals surface area contributed by atoms with Gasteiger partial charge in [-0.15, -0.1) is 24.9 Å². The molecule has 0 aromatic carbocycles. The molecule has 1 N–H and O–H groups in total. The fourth-order valence-electron chi connectivity index (χ4n) is 6.35. The number of amides is 2. The first-order valence-electron chi connectivity index (χ1n) is 13.7. The highest BCUT2D eigenvalue weighted by atomic mass is 32.2. The summed E-state index contributed by atoms with van der Waals surface area (Å²) in [5.74, 6) is -1.47. The van der Waals surface area contributed by atoms with Crippen molar-refractivity contribution < 1.29 is 24.2 Å².